The number of rotatable bonds is 1. The van der Waals surface area contributed by atoms with E-state index in [2.05, 4.69) is 0 Å². The molecule has 0 saturated carbocycles. The molecule has 0 bridgehead atoms. The zero-order valence-electron chi connectivity index (χ0n) is 6.37. The molecule has 0 spiro atoms. The Balaban J connectivity index is 2.66. The number of aliphatic hydroxyl groups excluding tert-OH is 2. The van der Waals surface area contributed by atoms with Crippen molar-refractivity contribution >= 4 is 0 Å². The quantitative estimate of drug-likeness (QED) is 0.543. The largest absolute Gasteiger partial charge is 0.390 e. The Morgan fingerprint density at radius 1 is 1.70 bits per heavy atom. The summed E-state index contributed by atoms with van der Waals surface area (Å²) in [6.07, 6.45) is -0.501. The van der Waals surface area contributed by atoms with Gasteiger partial charge in [-0.15, -0.1) is 0 Å². The van der Waals surface area contributed by atoms with Gasteiger partial charge in [0.05, 0.1) is 18.8 Å². The summed E-state index contributed by atoms with van der Waals surface area (Å²) in [5, 5.41) is 18.5. The van der Waals surface area contributed by atoms with E-state index >= 15 is 0 Å². The molecule has 1 saturated heterocycles. The third-order valence-corrected chi connectivity index (χ3v) is 2.30. The van der Waals surface area contributed by atoms with Crippen LogP contribution in [0.15, 0.2) is 0 Å². The first-order valence-corrected chi connectivity index (χ1v) is 3.57. The van der Waals surface area contributed by atoms with E-state index < -0.39 is 17.8 Å². The van der Waals surface area contributed by atoms with Gasteiger partial charge in [0.2, 0.25) is 0 Å². The molecule has 10 heavy (non-hydrogen) atoms. The number of hydrogen-bond acceptors (Lipinski definition) is 3. The van der Waals surface area contributed by atoms with E-state index in [4.69, 9.17) is 4.74 Å². The molecule has 0 unspecified atom stereocenters. The topological polar surface area (TPSA) is 49.7 Å². The van der Waals surface area contributed by atoms with Gasteiger partial charge in [0.15, 0.2) is 0 Å². The molecule has 1 aliphatic heterocycles. The van der Waals surface area contributed by atoms with Gasteiger partial charge in [-0.25, -0.2) is 0 Å². The standard InChI is InChI=1S/C7H14O3/c1-5(8)7(2)6(9)3-4-10-7/h5-6,8-9H,3-4H2,1-2H3/t5-,6-,7-/m1/s1. The zero-order valence-corrected chi connectivity index (χ0v) is 6.37. The molecule has 2 N–H and O–H groups in total. The lowest BCUT2D eigenvalue weighted by atomic mass is 9.94. The van der Waals surface area contributed by atoms with E-state index in [-0.39, 0.29) is 0 Å². The second kappa shape index (κ2) is 2.49. The van der Waals surface area contributed by atoms with Crippen molar-refractivity contribution in [3.63, 3.8) is 0 Å². The van der Waals surface area contributed by atoms with Crippen LogP contribution >= 0.6 is 0 Å². The molecule has 1 fully saturated rings. The summed E-state index contributed by atoms with van der Waals surface area (Å²) in [5.41, 5.74) is -0.736. The molecule has 0 amide bonds. The fourth-order valence-electron chi connectivity index (χ4n) is 1.17. The molecular formula is C7H14O3. The van der Waals surface area contributed by atoms with Crippen molar-refractivity contribution in [2.24, 2.45) is 0 Å². The molecule has 0 aromatic heterocycles. The van der Waals surface area contributed by atoms with Crippen molar-refractivity contribution in [2.75, 3.05) is 6.61 Å². The monoisotopic (exact) mass is 146 g/mol. The highest BCUT2D eigenvalue weighted by Gasteiger charge is 2.42. The minimum absolute atomic E-state index is 0.521. The summed E-state index contributed by atoms with van der Waals surface area (Å²) in [6, 6.07) is 0. The van der Waals surface area contributed by atoms with Crippen molar-refractivity contribution in [1.29, 1.82) is 0 Å². The molecule has 3 heteroatoms. The van der Waals surface area contributed by atoms with Crippen LogP contribution in [0.2, 0.25) is 0 Å². The first kappa shape index (κ1) is 7.98. The Labute approximate surface area is 60.6 Å². The van der Waals surface area contributed by atoms with Crippen molar-refractivity contribution in [3.05, 3.63) is 0 Å². The highest BCUT2D eigenvalue weighted by molar-refractivity contribution is 4.92. The molecule has 1 rings (SSSR count). The molecule has 1 heterocycles. The van der Waals surface area contributed by atoms with E-state index in [9.17, 15) is 10.2 Å². The van der Waals surface area contributed by atoms with Crippen LogP contribution in [0, 0.1) is 0 Å². The molecular weight excluding hydrogens is 132 g/mol. The maximum absolute atomic E-state index is 9.33. The summed E-state index contributed by atoms with van der Waals surface area (Å²) >= 11 is 0. The van der Waals surface area contributed by atoms with E-state index in [1.165, 1.54) is 0 Å². The van der Waals surface area contributed by atoms with Gasteiger partial charge >= 0.3 is 0 Å². The minimum Gasteiger partial charge on any atom is -0.390 e. The first-order chi connectivity index (χ1) is 4.57. The van der Waals surface area contributed by atoms with Crippen LogP contribution < -0.4 is 0 Å². The Morgan fingerprint density at radius 2 is 2.30 bits per heavy atom. The Kier molecular flexibility index (Phi) is 1.99. The molecule has 3 atom stereocenters. The van der Waals surface area contributed by atoms with Gasteiger partial charge in [-0.3, -0.25) is 0 Å². The van der Waals surface area contributed by atoms with Gasteiger partial charge < -0.3 is 14.9 Å². The predicted molar refractivity (Wildman–Crippen MR) is 36.7 cm³/mol. The summed E-state index contributed by atoms with van der Waals surface area (Å²) in [4.78, 5) is 0. The van der Waals surface area contributed by atoms with E-state index in [1.807, 2.05) is 0 Å². The molecule has 0 aromatic rings. The summed E-state index contributed by atoms with van der Waals surface area (Å²) < 4.78 is 5.21. The van der Waals surface area contributed by atoms with E-state index in [0.717, 1.165) is 0 Å². The molecule has 60 valence electrons. The maximum Gasteiger partial charge on any atom is 0.117 e. The van der Waals surface area contributed by atoms with Gasteiger partial charge in [-0.1, -0.05) is 0 Å². The van der Waals surface area contributed by atoms with E-state index in [0.29, 0.717) is 13.0 Å². The van der Waals surface area contributed by atoms with Crippen LogP contribution in [0.5, 0.6) is 0 Å². The third-order valence-electron chi connectivity index (χ3n) is 2.30. The van der Waals surface area contributed by atoms with Crippen LogP contribution in [-0.4, -0.2) is 34.6 Å². The fraction of sp³-hybridized carbons (Fsp3) is 1.00. The van der Waals surface area contributed by atoms with Crippen LogP contribution in [0.1, 0.15) is 20.3 Å². The molecule has 0 radical (unpaired) electrons. The Hall–Kier alpha value is -0.120. The van der Waals surface area contributed by atoms with E-state index in [1.54, 1.807) is 13.8 Å². The Morgan fingerprint density at radius 3 is 2.50 bits per heavy atom. The first-order valence-electron chi connectivity index (χ1n) is 3.57. The maximum atomic E-state index is 9.33. The number of ether oxygens (including phenoxy) is 1. The second-order valence-electron chi connectivity index (χ2n) is 3.01. The van der Waals surface area contributed by atoms with Crippen molar-refractivity contribution in [2.45, 2.75) is 38.1 Å². The van der Waals surface area contributed by atoms with Crippen LogP contribution in [0.3, 0.4) is 0 Å². The van der Waals surface area contributed by atoms with Gasteiger partial charge in [-0.2, -0.15) is 0 Å². The fourth-order valence-corrected chi connectivity index (χ4v) is 1.17. The number of aliphatic hydroxyl groups is 2. The van der Waals surface area contributed by atoms with Crippen LogP contribution in [0.25, 0.3) is 0 Å². The van der Waals surface area contributed by atoms with Gasteiger partial charge in [-0.05, 0) is 20.3 Å². The average molecular weight is 146 g/mol. The minimum atomic E-state index is -0.736. The van der Waals surface area contributed by atoms with Crippen LogP contribution in [-0.2, 0) is 4.74 Å². The SMILES string of the molecule is C[C@@H](O)[C@@]1(C)OCC[C@H]1O. The van der Waals surface area contributed by atoms with Gasteiger partial charge in [0.1, 0.15) is 5.60 Å². The van der Waals surface area contributed by atoms with Gasteiger partial charge in [0, 0.05) is 0 Å². The lowest BCUT2D eigenvalue weighted by Crippen LogP contribution is -2.45. The number of hydrogen-bond donors (Lipinski definition) is 2. The zero-order chi connectivity index (χ0) is 7.78. The molecule has 1 aliphatic rings. The molecule has 3 nitrogen and oxygen atoms in total. The highest BCUT2D eigenvalue weighted by Crippen LogP contribution is 2.28. The summed E-state index contributed by atoms with van der Waals surface area (Å²) in [5.74, 6) is 0. The summed E-state index contributed by atoms with van der Waals surface area (Å²) in [6.45, 7) is 3.91. The lowest BCUT2D eigenvalue weighted by Gasteiger charge is -2.29. The molecule has 0 aromatic carbocycles. The van der Waals surface area contributed by atoms with Crippen molar-refractivity contribution in [1.82, 2.24) is 0 Å². The second-order valence-corrected chi connectivity index (χ2v) is 3.01. The predicted octanol–water partition coefficient (Wildman–Crippen LogP) is -0.0929. The highest BCUT2D eigenvalue weighted by atomic mass is 16.5. The van der Waals surface area contributed by atoms with Gasteiger partial charge in [0.25, 0.3) is 0 Å². The summed E-state index contributed by atoms with van der Waals surface area (Å²) in [7, 11) is 0. The van der Waals surface area contributed by atoms with Crippen molar-refractivity contribution in [3.8, 4) is 0 Å². The third kappa shape index (κ3) is 1.05. The molecule has 0 aliphatic carbocycles. The van der Waals surface area contributed by atoms with Crippen LogP contribution in [0.4, 0.5) is 0 Å². The average Bonchev–Trinajstić information content (AvgIpc) is 2.15. The Bertz CT molecular complexity index is 124. The normalized spacial score (nSPS) is 43.8. The van der Waals surface area contributed by atoms with Crippen molar-refractivity contribution < 1.29 is 14.9 Å². The smallest absolute Gasteiger partial charge is 0.117 e. The lowest BCUT2D eigenvalue weighted by molar-refractivity contribution is -0.114.